The molecule has 6 heteroatoms. The van der Waals surface area contributed by atoms with Crippen LogP contribution in [0.4, 0.5) is 0 Å². The lowest BCUT2D eigenvalue weighted by molar-refractivity contribution is -0.114. The fourth-order valence-corrected chi connectivity index (χ4v) is 3.66. The van der Waals surface area contributed by atoms with E-state index in [1.165, 1.54) is 7.11 Å². The van der Waals surface area contributed by atoms with E-state index in [2.05, 4.69) is 0 Å². The van der Waals surface area contributed by atoms with Gasteiger partial charge >= 0.3 is 0 Å². The Kier molecular flexibility index (Phi) is 3.76. The molecular weight excluding hydrogens is 334 g/mol. The van der Waals surface area contributed by atoms with Crippen molar-refractivity contribution < 1.29 is 24.1 Å². The van der Waals surface area contributed by atoms with Crippen molar-refractivity contribution in [3.63, 3.8) is 0 Å². The lowest BCUT2D eigenvalue weighted by atomic mass is 9.88. The van der Waals surface area contributed by atoms with E-state index in [-0.39, 0.29) is 17.3 Å². The lowest BCUT2D eigenvalue weighted by Gasteiger charge is -2.34. The van der Waals surface area contributed by atoms with Gasteiger partial charge in [0, 0.05) is 28.8 Å². The van der Waals surface area contributed by atoms with E-state index in [9.17, 15) is 9.90 Å². The van der Waals surface area contributed by atoms with Crippen LogP contribution in [0.1, 0.15) is 6.42 Å². The highest BCUT2D eigenvalue weighted by atomic mass is 16.5. The molecule has 0 radical (unpaired) electrons. The topological polar surface area (TPSA) is 68.2 Å². The number of carbonyl (C=O) groups excluding carboxylic acids is 1. The molecule has 0 spiro atoms. The fourth-order valence-electron chi connectivity index (χ4n) is 3.66. The van der Waals surface area contributed by atoms with Crippen LogP contribution in [0.2, 0.25) is 0 Å². The molecule has 4 rings (SSSR count). The molecule has 0 fully saturated rings. The van der Waals surface area contributed by atoms with Crippen LogP contribution in [-0.4, -0.2) is 43.7 Å². The SMILES string of the molecule is COC1=CC2=C3C(O)=c4ccc(OC)c(OC)c4=CN3CCC2=CC1=O. The maximum Gasteiger partial charge on any atom is 0.220 e. The highest BCUT2D eigenvalue weighted by Gasteiger charge is 2.31. The number of benzene rings is 1. The number of ketones is 1. The van der Waals surface area contributed by atoms with Crippen LogP contribution in [0.15, 0.2) is 46.9 Å². The van der Waals surface area contributed by atoms with Crippen molar-refractivity contribution in [1.82, 2.24) is 4.90 Å². The number of methoxy groups -OCH3 is 3. The minimum Gasteiger partial charge on any atom is -0.505 e. The summed E-state index contributed by atoms with van der Waals surface area (Å²) in [6.45, 7) is 0.651. The number of aliphatic hydroxyl groups is 1. The third-order valence-electron chi connectivity index (χ3n) is 4.90. The average Bonchev–Trinajstić information content (AvgIpc) is 2.66. The summed E-state index contributed by atoms with van der Waals surface area (Å²) >= 11 is 0. The number of hydrogen-bond acceptors (Lipinski definition) is 6. The Morgan fingerprint density at radius 2 is 1.88 bits per heavy atom. The Morgan fingerprint density at radius 3 is 2.58 bits per heavy atom. The van der Waals surface area contributed by atoms with Crippen molar-refractivity contribution in [3.8, 4) is 11.5 Å². The molecule has 1 N–H and O–H groups in total. The number of ether oxygens (including phenoxy) is 3. The summed E-state index contributed by atoms with van der Waals surface area (Å²) in [4.78, 5) is 14.0. The van der Waals surface area contributed by atoms with Crippen LogP contribution in [-0.2, 0) is 9.53 Å². The molecule has 0 saturated carbocycles. The Labute approximate surface area is 150 Å². The zero-order valence-corrected chi connectivity index (χ0v) is 14.8. The summed E-state index contributed by atoms with van der Waals surface area (Å²) in [5, 5.41) is 12.4. The number of allylic oxidation sites excluding steroid dienone is 3. The molecular formula is C20H19NO5. The minimum absolute atomic E-state index is 0.144. The van der Waals surface area contributed by atoms with Crippen molar-refractivity contribution in [2.75, 3.05) is 27.9 Å². The second-order valence-electron chi connectivity index (χ2n) is 6.19. The molecule has 0 aromatic heterocycles. The molecule has 3 aliphatic rings. The molecule has 2 aliphatic heterocycles. The Hall–Kier alpha value is -3.15. The predicted molar refractivity (Wildman–Crippen MR) is 95.8 cm³/mol. The maximum absolute atomic E-state index is 12.1. The summed E-state index contributed by atoms with van der Waals surface area (Å²) in [6.07, 6.45) is 5.95. The number of fused-ring (bicyclic) bond motifs is 3. The van der Waals surface area contributed by atoms with Gasteiger partial charge in [-0.1, -0.05) is 0 Å². The molecule has 26 heavy (non-hydrogen) atoms. The van der Waals surface area contributed by atoms with Crippen LogP contribution in [0.5, 0.6) is 11.5 Å². The first-order valence-corrected chi connectivity index (χ1v) is 8.27. The van der Waals surface area contributed by atoms with E-state index in [4.69, 9.17) is 14.2 Å². The molecule has 0 atom stereocenters. The van der Waals surface area contributed by atoms with Gasteiger partial charge in [-0.25, -0.2) is 0 Å². The van der Waals surface area contributed by atoms with E-state index in [0.717, 1.165) is 16.4 Å². The van der Waals surface area contributed by atoms with E-state index in [1.54, 1.807) is 38.5 Å². The van der Waals surface area contributed by atoms with E-state index in [1.807, 2.05) is 11.1 Å². The van der Waals surface area contributed by atoms with Gasteiger partial charge in [-0.2, -0.15) is 0 Å². The van der Waals surface area contributed by atoms with Crippen molar-refractivity contribution >= 4 is 17.7 Å². The molecule has 0 bridgehead atoms. The number of aliphatic hydroxyl groups excluding tert-OH is 1. The lowest BCUT2D eigenvalue weighted by Crippen LogP contribution is -2.41. The molecule has 6 nitrogen and oxygen atoms in total. The van der Waals surface area contributed by atoms with Gasteiger partial charge in [0.2, 0.25) is 5.78 Å². The van der Waals surface area contributed by atoms with Gasteiger partial charge in [0.25, 0.3) is 0 Å². The van der Waals surface area contributed by atoms with Crippen LogP contribution in [0.25, 0.3) is 12.0 Å². The molecule has 0 unspecified atom stereocenters. The van der Waals surface area contributed by atoms with Crippen molar-refractivity contribution in [2.24, 2.45) is 0 Å². The third-order valence-corrected chi connectivity index (χ3v) is 4.90. The largest absolute Gasteiger partial charge is 0.505 e. The molecule has 0 amide bonds. The quantitative estimate of drug-likeness (QED) is 0.878. The van der Waals surface area contributed by atoms with Gasteiger partial charge in [0.1, 0.15) is 5.76 Å². The second kappa shape index (κ2) is 5.98. The molecule has 1 aromatic carbocycles. The van der Waals surface area contributed by atoms with Crippen molar-refractivity contribution in [3.05, 3.63) is 57.3 Å². The highest BCUT2D eigenvalue weighted by molar-refractivity contribution is 6.05. The van der Waals surface area contributed by atoms with Crippen molar-refractivity contribution in [2.45, 2.75) is 6.42 Å². The Morgan fingerprint density at radius 1 is 1.08 bits per heavy atom. The first kappa shape index (κ1) is 16.3. The van der Waals surface area contributed by atoms with Crippen LogP contribution >= 0.6 is 0 Å². The van der Waals surface area contributed by atoms with Gasteiger partial charge in [-0.05, 0) is 36.3 Å². The summed E-state index contributed by atoms with van der Waals surface area (Å²) in [7, 11) is 4.63. The summed E-state index contributed by atoms with van der Waals surface area (Å²) in [5.41, 5.74) is 2.39. The van der Waals surface area contributed by atoms with E-state index >= 15 is 0 Å². The predicted octanol–water partition coefficient (Wildman–Crippen LogP) is 1.12. The highest BCUT2D eigenvalue weighted by Crippen LogP contribution is 2.36. The van der Waals surface area contributed by atoms with Gasteiger partial charge in [0.05, 0.1) is 27.0 Å². The van der Waals surface area contributed by atoms with Crippen molar-refractivity contribution in [1.29, 1.82) is 0 Å². The monoisotopic (exact) mass is 353 g/mol. The van der Waals surface area contributed by atoms with Gasteiger partial charge in [0.15, 0.2) is 17.3 Å². The first-order chi connectivity index (χ1) is 12.6. The van der Waals surface area contributed by atoms with Gasteiger partial charge in [-0.3, -0.25) is 4.79 Å². The first-order valence-electron chi connectivity index (χ1n) is 8.27. The zero-order chi connectivity index (χ0) is 18.4. The van der Waals surface area contributed by atoms with Gasteiger partial charge < -0.3 is 24.2 Å². The van der Waals surface area contributed by atoms with Crippen LogP contribution in [0, 0.1) is 0 Å². The summed E-state index contributed by atoms with van der Waals surface area (Å²) in [6, 6.07) is 3.57. The molecule has 1 aliphatic carbocycles. The standard InChI is InChI=1S/C20H19NO5/c1-24-16-5-4-12-14(20(16)26-3)10-21-7-6-11-8-15(22)17(25-2)9-13(11)18(21)19(12)23/h4-5,8-10,23H,6-7H2,1-3H3. The molecule has 134 valence electrons. The molecule has 0 saturated heterocycles. The Balaban J connectivity index is 2.03. The average molecular weight is 353 g/mol. The maximum atomic E-state index is 12.1. The molecule has 2 heterocycles. The zero-order valence-electron chi connectivity index (χ0n) is 14.8. The normalized spacial score (nSPS) is 18.2. The van der Waals surface area contributed by atoms with E-state index in [0.29, 0.717) is 35.4 Å². The Bertz CT molecular complexity index is 1030. The summed E-state index contributed by atoms with van der Waals surface area (Å²) in [5.74, 6) is 1.45. The van der Waals surface area contributed by atoms with Gasteiger partial charge in [-0.15, -0.1) is 0 Å². The number of hydrogen-bond donors (Lipinski definition) is 1. The number of rotatable bonds is 3. The smallest absolute Gasteiger partial charge is 0.220 e. The minimum atomic E-state index is -0.147. The number of carbonyl (C=O) groups is 1. The number of nitrogens with zero attached hydrogens (tertiary/aromatic N) is 1. The van der Waals surface area contributed by atoms with Crippen LogP contribution < -0.4 is 19.9 Å². The second-order valence-corrected chi connectivity index (χ2v) is 6.19. The van der Waals surface area contributed by atoms with E-state index < -0.39 is 0 Å². The third kappa shape index (κ3) is 2.22. The summed E-state index contributed by atoms with van der Waals surface area (Å²) < 4.78 is 16.0. The molecule has 1 aromatic rings. The van der Waals surface area contributed by atoms with Crippen LogP contribution in [0.3, 0.4) is 0 Å². The fraction of sp³-hybridized carbons (Fsp3) is 0.250.